The fourth-order valence-electron chi connectivity index (χ4n) is 1.88. The Kier molecular flexibility index (Phi) is 6.37. The lowest BCUT2D eigenvalue weighted by molar-refractivity contribution is -0.118. The van der Waals surface area contributed by atoms with Crippen LogP contribution in [0.5, 0.6) is 5.75 Å². The highest BCUT2D eigenvalue weighted by Gasteiger charge is 2.09. The smallest absolute Gasteiger partial charge is 0.338 e. The number of hydrogen-bond donors (Lipinski definition) is 1. The molecule has 0 bridgehead atoms. The van der Waals surface area contributed by atoms with Gasteiger partial charge in [-0.1, -0.05) is 32.0 Å². The van der Waals surface area contributed by atoms with Crippen LogP contribution in [0.2, 0.25) is 0 Å². The Morgan fingerprint density at radius 2 is 1.67 bits per heavy atom. The molecule has 0 unspecified atom stereocenters. The molecular formula is C19H21NO4. The largest absolute Gasteiger partial charge is 0.484 e. The van der Waals surface area contributed by atoms with E-state index in [0.29, 0.717) is 23.6 Å². The summed E-state index contributed by atoms with van der Waals surface area (Å²) in [5, 5.41) is 2.71. The average Bonchev–Trinajstić information content (AvgIpc) is 2.59. The summed E-state index contributed by atoms with van der Waals surface area (Å²) in [4.78, 5) is 23.7. The molecule has 0 heterocycles. The molecule has 0 aliphatic carbocycles. The number of rotatable bonds is 7. The van der Waals surface area contributed by atoms with Crippen molar-refractivity contribution in [1.82, 2.24) is 0 Å². The number of benzene rings is 2. The van der Waals surface area contributed by atoms with E-state index < -0.39 is 0 Å². The van der Waals surface area contributed by atoms with Gasteiger partial charge >= 0.3 is 5.97 Å². The zero-order valence-electron chi connectivity index (χ0n) is 13.8. The second-order valence-electron chi connectivity index (χ2n) is 5.72. The van der Waals surface area contributed by atoms with Crippen molar-refractivity contribution >= 4 is 17.6 Å². The highest BCUT2D eigenvalue weighted by molar-refractivity contribution is 5.93. The van der Waals surface area contributed by atoms with Crippen LogP contribution >= 0.6 is 0 Å². The highest BCUT2D eigenvalue weighted by atomic mass is 16.5. The first-order chi connectivity index (χ1) is 11.5. The Labute approximate surface area is 141 Å². The molecule has 0 saturated heterocycles. The number of carbonyl (C=O) groups is 2. The predicted octanol–water partition coefficient (Wildman–Crippen LogP) is 3.52. The van der Waals surface area contributed by atoms with Crippen LogP contribution in [0.15, 0.2) is 54.6 Å². The van der Waals surface area contributed by atoms with Crippen LogP contribution < -0.4 is 10.1 Å². The van der Waals surface area contributed by atoms with Gasteiger partial charge in [-0.15, -0.1) is 0 Å². The zero-order chi connectivity index (χ0) is 17.4. The van der Waals surface area contributed by atoms with E-state index in [1.54, 1.807) is 36.4 Å². The number of anilines is 1. The minimum atomic E-state index is -0.367. The van der Waals surface area contributed by atoms with Crippen LogP contribution in [0.4, 0.5) is 5.69 Å². The maximum absolute atomic E-state index is 11.9. The van der Waals surface area contributed by atoms with Crippen LogP contribution in [-0.2, 0) is 9.53 Å². The predicted molar refractivity (Wildman–Crippen MR) is 92.1 cm³/mol. The first-order valence-corrected chi connectivity index (χ1v) is 7.79. The van der Waals surface area contributed by atoms with Gasteiger partial charge in [0, 0.05) is 5.69 Å². The summed E-state index contributed by atoms with van der Waals surface area (Å²) >= 11 is 0. The summed E-state index contributed by atoms with van der Waals surface area (Å²) in [6, 6.07) is 15.7. The molecule has 0 spiro atoms. The third-order valence-electron chi connectivity index (χ3n) is 3.07. The second-order valence-corrected chi connectivity index (χ2v) is 5.72. The van der Waals surface area contributed by atoms with Gasteiger partial charge in [-0.3, -0.25) is 4.79 Å². The second kappa shape index (κ2) is 8.72. The van der Waals surface area contributed by atoms with Crippen LogP contribution in [0, 0.1) is 5.92 Å². The van der Waals surface area contributed by atoms with Gasteiger partial charge in [0.25, 0.3) is 5.91 Å². The maximum Gasteiger partial charge on any atom is 0.338 e. The van der Waals surface area contributed by atoms with Crippen molar-refractivity contribution in [3.05, 3.63) is 60.2 Å². The number of carbonyl (C=O) groups excluding carboxylic acids is 2. The van der Waals surface area contributed by atoms with Gasteiger partial charge in [0.15, 0.2) is 6.61 Å². The molecule has 5 nitrogen and oxygen atoms in total. The van der Waals surface area contributed by atoms with E-state index in [0.717, 1.165) is 0 Å². The van der Waals surface area contributed by atoms with Crippen molar-refractivity contribution in [1.29, 1.82) is 0 Å². The molecule has 2 aromatic rings. The van der Waals surface area contributed by atoms with Gasteiger partial charge in [-0.2, -0.15) is 0 Å². The van der Waals surface area contributed by atoms with E-state index in [9.17, 15) is 9.59 Å². The Bertz CT molecular complexity index is 666. The molecule has 2 rings (SSSR count). The topological polar surface area (TPSA) is 64.6 Å². The van der Waals surface area contributed by atoms with Crippen molar-refractivity contribution in [3.63, 3.8) is 0 Å². The van der Waals surface area contributed by atoms with Crippen molar-refractivity contribution in [3.8, 4) is 5.75 Å². The minimum absolute atomic E-state index is 0.0812. The first kappa shape index (κ1) is 17.5. The Hall–Kier alpha value is -2.82. The Morgan fingerprint density at radius 3 is 2.29 bits per heavy atom. The maximum atomic E-state index is 11.9. The van der Waals surface area contributed by atoms with Gasteiger partial charge in [-0.05, 0) is 42.3 Å². The highest BCUT2D eigenvalue weighted by Crippen LogP contribution is 2.12. The summed E-state index contributed by atoms with van der Waals surface area (Å²) in [5.74, 6) is 0.288. The van der Waals surface area contributed by atoms with Gasteiger partial charge in [0.05, 0.1) is 12.2 Å². The third-order valence-corrected chi connectivity index (χ3v) is 3.07. The van der Waals surface area contributed by atoms with Crippen LogP contribution in [-0.4, -0.2) is 25.1 Å². The van der Waals surface area contributed by atoms with Gasteiger partial charge in [-0.25, -0.2) is 4.79 Å². The lowest BCUT2D eigenvalue weighted by Gasteiger charge is -2.09. The zero-order valence-corrected chi connectivity index (χ0v) is 13.8. The molecule has 0 fully saturated rings. The molecule has 24 heavy (non-hydrogen) atoms. The SMILES string of the molecule is CC(C)COC(=O)c1ccc(NC(=O)COc2ccccc2)cc1. The molecule has 1 amide bonds. The third kappa shape index (κ3) is 5.76. The van der Waals surface area contributed by atoms with Crippen LogP contribution in [0.3, 0.4) is 0 Å². The monoisotopic (exact) mass is 327 g/mol. The van der Waals surface area contributed by atoms with Gasteiger partial charge in [0.1, 0.15) is 5.75 Å². The summed E-state index contributed by atoms with van der Waals surface area (Å²) in [6.07, 6.45) is 0. The molecule has 126 valence electrons. The molecular weight excluding hydrogens is 306 g/mol. The lowest BCUT2D eigenvalue weighted by atomic mass is 10.2. The number of nitrogens with one attached hydrogen (secondary N) is 1. The molecule has 5 heteroatoms. The standard InChI is InChI=1S/C19H21NO4/c1-14(2)12-24-19(22)15-8-10-16(11-9-15)20-18(21)13-23-17-6-4-3-5-7-17/h3-11,14H,12-13H2,1-2H3,(H,20,21). The number of para-hydroxylation sites is 1. The summed E-state index contributed by atoms with van der Waals surface area (Å²) in [6.45, 7) is 4.25. The minimum Gasteiger partial charge on any atom is -0.484 e. The molecule has 0 aliphatic rings. The van der Waals surface area contributed by atoms with E-state index in [4.69, 9.17) is 9.47 Å². The number of ether oxygens (including phenoxy) is 2. The fraction of sp³-hybridized carbons (Fsp3) is 0.263. The van der Waals surface area contributed by atoms with Gasteiger partial charge < -0.3 is 14.8 Å². The first-order valence-electron chi connectivity index (χ1n) is 7.79. The van der Waals surface area contributed by atoms with E-state index in [1.165, 1.54) is 0 Å². The van der Waals surface area contributed by atoms with Gasteiger partial charge in [0.2, 0.25) is 0 Å². The van der Waals surface area contributed by atoms with Crippen LogP contribution in [0.25, 0.3) is 0 Å². The lowest BCUT2D eigenvalue weighted by Crippen LogP contribution is -2.20. The van der Waals surface area contributed by atoms with E-state index in [-0.39, 0.29) is 24.4 Å². The molecule has 0 atom stereocenters. The summed E-state index contributed by atoms with van der Waals surface area (Å²) in [7, 11) is 0. The molecule has 0 saturated carbocycles. The van der Waals surface area contributed by atoms with E-state index in [2.05, 4.69) is 5.32 Å². The summed E-state index contributed by atoms with van der Waals surface area (Å²) < 4.78 is 10.5. The summed E-state index contributed by atoms with van der Waals surface area (Å²) in [5.41, 5.74) is 1.05. The molecule has 1 N–H and O–H groups in total. The molecule has 2 aromatic carbocycles. The van der Waals surface area contributed by atoms with Crippen LogP contribution in [0.1, 0.15) is 24.2 Å². The van der Waals surface area contributed by atoms with Crippen molar-refractivity contribution in [2.75, 3.05) is 18.5 Å². The quantitative estimate of drug-likeness (QED) is 0.790. The fourth-order valence-corrected chi connectivity index (χ4v) is 1.88. The number of amides is 1. The van der Waals surface area contributed by atoms with Crippen molar-refractivity contribution < 1.29 is 19.1 Å². The van der Waals surface area contributed by atoms with E-state index >= 15 is 0 Å². The van der Waals surface area contributed by atoms with Crippen molar-refractivity contribution in [2.45, 2.75) is 13.8 Å². The molecule has 0 aliphatic heterocycles. The Morgan fingerprint density at radius 1 is 1.00 bits per heavy atom. The Balaban J connectivity index is 1.82. The molecule has 0 aromatic heterocycles. The van der Waals surface area contributed by atoms with E-state index in [1.807, 2.05) is 32.0 Å². The number of hydrogen-bond acceptors (Lipinski definition) is 4. The average molecular weight is 327 g/mol. The number of esters is 1. The molecule has 0 radical (unpaired) electrons. The van der Waals surface area contributed by atoms with Crippen molar-refractivity contribution in [2.24, 2.45) is 5.92 Å². The normalized spacial score (nSPS) is 10.3.